The molecule has 0 aromatic heterocycles. The van der Waals surface area contributed by atoms with Crippen molar-refractivity contribution in [3.05, 3.63) is 83.7 Å². The van der Waals surface area contributed by atoms with Gasteiger partial charge in [-0.05, 0) is 85.4 Å². The van der Waals surface area contributed by atoms with E-state index in [1.807, 2.05) is 12.1 Å². The summed E-state index contributed by atoms with van der Waals surface area (Å²) in [5, 5.41) is 2.91. The number of carbonyl (C=O) groups excluding carboxylic acids is 3. The van der Waals surface area contributed by atoms with Crippen LogP contribution in [0.1, 0.15) is 29.3 Å². The topological polar surface area (TPSA) is 97.4 Å². The number of nitrogens with zero attached hydrogens (tertiary/aromatic N) is 2. The molecule has 1 saturated heterocycles. The number of ether oxygens (including phenoxy) is 3. The van der Waals surface area contributed by atoms with Gasteiger partial charge in [-0.3, -0.25) is 14.5 Å². The highest BCUT2D eigenvalue weighted by Gasteiger charge is 2.44. The van der Waals surface area contributed by atoms with Gasteiger partial charge in [0.25, 0.3) is 5.91 Å². The molecule has 11 heteroatoms. The number of thiocarbonyl (C=S) groups is 1. The minimum absolute atomic E-state index is 0.126. The maximum Gasteiger partial charge on any atom is 0.338 e. The van der Waals surface area contributed by atoms with Gasteiger partial charge in [0, 0.05) is 12.2 Å². The highest BCUT2D eigenvalue weighted by Crippen LogP contribution is 2.34. The molecule has 3 aromatic carbocycles. The molecule has 0 unspecified atom stereocenters. The van der Waals surface area contributed by atoms with Gasteiger partial charge >= 0.3 is 5.97 Å². The number of amides is 2. The van der Waals surface area contributed by atoms with Gasteiger partial charge in [0.1, 0.15) is 11.9 Å². The summed E-state index contributed by atoms with van der Waals surface area (Å²) in [7, 11) is 0. The van der Waals surface area contributed by atoms with Gasteiger partial charge in [-0.15, -0.1) is 0 Å². The Morgan fingerprint density at radius 2 is 1.77 bits per heavy atom. The summed E-state index contributed by atoms with van der Waals surface area (Å²) in [4.78, 5) is 41.7. The second-order valence-electron chi connectivity index (χ2n) is 8.81. The third-order valence-corrected chi connectivity index (χ3v) is 6.67. The van der Waals surface area contributed by atoms with Crippen molar-refractivity contribution in [2.24, 2.45) is 0 Å². The maximum atomic E-state index is 13.7. The molecule has 0 saturated carbocycles. The molecule has 2 aliphatic heterocycles. The van der Waals surface area contributed by atoms with Crippen molar-refractivity contribution in [2.45, 2.75) is 25.9 Å². The summed E-state index contributed by atoms with van der Waals surface area (Å²) in [6.07, 6.45) is -0.196. The molecule has 2 heterocycles. The van der Waals surface area contributed by atoms with Crippen molar-refractivity contribution in [2.75, 3.05) is 23.6 Å². The molecule has 200 valence electrons. The zero-order valence-corrected chi connectivity index (χ0v) is 21.7. The Hall–Kier alpha value is -4.51. The molecule has 2 amide bonds. The van der Waals surface area contributed by atoms with Gasteiger partial charge in [0.2, 0.25) is 12.7 Å². The van der Waals surface area contributed by atoms with Gasteiger partial charge < -0.3 is 24.4 Å². The fraction of sp³-hybridized carbons (Fsp3) is 0.214. The number of nitrogens with one attached hydrogen (secondary N) is 1. The Morgan fingerprint density at radius 3 is 2.49 bits per heavy atom. The monoisotopic (exact) mass is 549 g/mol. The number of halogens is 1. The first-order valence-electron chi connectivity index (χ1n) is 12.2. The summed E-state index contributed by atoms with van der Waals surface area (Å²) in [6, 6.07) is 16.2. The van der Waals surface area contributed by atoms with E-state index in [9.17, 15) is 18.8 Å². The van der Waals surface area contributed by atoms with Crippen LogP contribution in [0.5, 0.6) is 11.5 Å². The summed E-state index contributed by atoms with van der Waals surface area (Å²) >= 11 is 5.73. The van der Waals surface area contributed by atoms with Gasteiger partial charge in [-0.1, -0.05) is 6.07 Å². The number of benzene rings is 3. The van der Waals surface area contributed by atoms with Crippen LogP contribution >= 0.6 is 12.2 Å². The highest BCUT2D eigenvalue weighted by atomic mass is 32.1. The maximum absolute atomic E-state index is 13.7. The van der Waals surface area contributed by atoms with Crippen molar-refractivity contribution >= 4 is 46.5 Å². The van der Waals surface area contributed by atoms with Crippen LogP contribution in [0.25, 0.3) is 0 Å². The van der Waals surface area contributed by atoms with Crippen LogP contribution in [0, 0.1) is 5.82 Å². The van der Waals surface area contributed by atoms with Crippen LogP contribution in [0.4, 0.5) is 15.8 Å². The second-order valence-corrected chi connectivity index (χ2v) is 9.18. The molecule has 1 N–H and O–H groups in total. The van der Waals surface area contributed by atoms with Crippen molar-refractivity contribution in [1.82, 2.24) is 4.90 Å². The van der Waals surface area contributed by atoms with Gasteiger partial charge in [-0.25, -0.2) is 9.18 Å². The molecular weight excluding hydrogens is 525 g/mol. The molecule has 2 aliphatic rings. The lowest BCUT2D eigenvalue weighted by Crippen LogP contribution is -2.37. The molecule has 1 fully saturated rings. The standard InChI is InChI=1S/C28H24FN3O6S/c1-2-36-27(35)18-4-10-21(11-5-18)32-26(34)22(14-25(33)30-20-8-6-19(29)7-9-20)31(28(32)39)15-17-3-12-23-24(13-17)38-16-37-23/h3-13,22H,2,14-16H2,1H3,(H,30,33)/t22-/m0/s1. The van der Waals surface area contributed by atoms with E-state index in [-0.39, 0.29) is 37.4 Å². The number of fused-ring (bicyclic) bond motifs is 1. The average molecular weight is 550 g/mol. The second kappa shape index (κ2) is 11.1. The Morgan fingerprint density at radius 1 is 1.05 bits per heavy atom. The first-order chi connectivity index (χ1) is 18.8. The van der Waals surface area contributed by atoms with Crippen LogP contribution in [-0.4, -0.2) is 47.2 Å². The minimum Gasteiger partial charge on any atom is -0.462 e. The number of hydrogen-bond donors (Lipinski definition) is 1. The van der Waals surface area contributed by atoms with Crippen LogP contribution < -0.4 is 19.7 Å². The smallest absolute Gasteiger partial charge is 0.338 e. The summed E-state index contributed by atoms with van der Waals surface area (Å²) in [5.41, 5.74) is 2.00. The molecule has 5 rings (SSSR count). The number of hydrogen-bond acceptors (Lipinski definition) is 7. The number of anilines is 2. The van der Waals surface area contributed by atoms with Crippen molar-refractivity contribution in [1.29, 1.82) is 0 Å². The number of esters is 1. The molecule has 0 bridgehead atoms. The highest BCUT2D eigenvalue weighted by molar-refractivity contribution is 7.80. The Bertz CT molecular complexity index is 1430. The minimum atomic E-state index is -0.909. The molecule has 0 spiro atoms. The zero-order chi connectivity index (χ0) is 27.5. The molecule has 0 radical (unpaired) electrons. The predicted octanol–water partition coefficient (Wildman–Crippen LogP) is 4.26. The Balaban J connectivity index is 1.40. The van der Waals surface area contributed by atoms with E-state index in [0.717, 1.165) is 5.56 Å². The molecular formula is C28H24FN3O6S. The third-order valence-electron chi connectivity index (χ3n) is 6.25. The van der Waals surface area contributed by atoms with E-state index in [4.69, 9.17) is 26.4 Å². The molecule has 39 heavy (non-hydrogen) atoms. The van der Waals surface area contributed by atoms with Gasteiger partial charge in [-0.2, -0.15) is 0 Å². The SMILES string of the molecule is CCOC(=O)c1ccc(N2C(=O)[C@H](CC(=O)Nc3ccc(F)cc3)N(Cc3ccc4c(c3)OCO4)C2=S)cc1. The lowest BCUT2D eigenvalue weighted by Gasteiger charge is -2.24. The molecule has 9 nitrogen and oxygen atoms in total. The first kappa shape index (κ1) is 26.1. The van der Waals surface area contributed by atoms with E-state index in [2.05, 4.69) is 5.32 Å². The summed E-state index contributed by atoms with van der Waals surface area (Å²) in [6.45, 7) is 2.31. The fourth-order valence-electron chi connectivity index (χ4n) is 4.37. The quantitative estimate of drug-likeness (QED) is 0.329. The van der Waals surface area contributed by atoms with Crippen molar-refractivity contribution in [3.8, 4) is 11.5 Å². The molecule has 3 aromatic rings. The zero-order valence-electron chi connectivity index (χ0n) is 20.9. The fourth-order valence-corrected chi connectivity index (χ4v) is 4.76. The summed E-state index contributed by atoms with van der Waals surface area (Å²) < 4.78 is 29.2. The average Bonchev–Trinajstić information content (AvgIpc) is 3.48. The van der Waals surface area contributed by atoms with E-state index < -0.39 is 23.7 Å². The Labute approximate surface area is 229 Å². The Kier molecular flexibility index (Phi) is 7.42. The number of rotatable bonds is 8. The third kappa shape index (κ3) is 5.53. The van der Waals surface area contributed by atoms with Crippen molar-refractivity contribution in [3.63, 3.8) is 0 Å². The van der Waals surface area contributed by atoms with Crippen molar-refractivity contribution < 1.29 is 33.0 Å². The van der Waals surface area contributed by atoms with E-state index in [1.165, 1.54) is 29.2 Å². The first-order valence-corrected chi connectivity index (χ1v) is 12.6. The van der Waals surface area contributed by atoms with Crippen LogP contribution in [0.3, 0.4) is 0 Å². The summed E-state index contributed by atoms with van der Waals surface area (Å²) in [5.74, 6) is -0.516. The largest absolute Gasteiger partial charge is 0.462 e. The van der Waals surface area contributed by atoms with Gasteiger partial charge in [0.15, 0.2) is 16.6 Å². The normalized spacial score (nSPS) is 16.0. The molecule has 1 atom stereocenters. The van der Waals surface area contributed by atoms with Crippen LogP contribution in [0.15, 0.2) is 66.7 Å². The van der Waals surface area contributed by atoms with E-state index in [0.29, 0.717) is 28.4 Å². The van der Waals surface area contributed by atoms with E-state index >= 15 is 0 Å². The van der Waals surface area contributed by atoms with Gasteiger partial charge in [0.05, 0.1) is 24.3 Å². The van der Waals surface area contributed by atoms with Crippen LogP contribution in [0.2, 0.25) is 0 Å². The lowest BCUT2D eigenvalue weighted by molar-refractivity contribution is -0.124. The lowest BCUT2D eigenvalue weighted by atomic mass is 10.1. The van der Waals surface area contributed by atoms with E-state index in [1.54, 1.807) is 42.2 Å². The van der Waals surface area contributed by atoms with Crippen LogP contribution in [-0.2, 0) is 20.9 Å². The molecule has 0 aliphatic carbocycles. The predicted molar refractivity (Wildman–Crippen MR) is 144 cm³/mol. The number of carbonyl (C=O) groups is 3.